The van der Waals surface area contributed by atoms with Gasteiger partial charge in [0.1, 0.15) is 0 Å². The van der Waals surface area contributed by atoms with Crippen molar-refractivity contribution in [2.24, 2.45) is 5.10 Å². The van der Waals surface area contributed by atoms with Gasteiger partial charge in [0.2, 0.25) is 0 Å². The smallest absolute Gasteiger partial charge is 0.329 e. The van der Waals surface area contributed by atoms with Crippen molar-refractivity contribution in [3.8, 4) is 11.5 Å². The summed E-state index contributed by atoms with van der Waals surface area (Å²) in [6.45, 7) is 1.92. The molecule has 0 aliphatic heterocycles. The number of aryl methyl sites for hydroxylation is 1. The third-order valence-electron chi connectivity index (χ3n) is 3.35. The SMILES string of the molecule is COc1cc(/C=N\NC(=O)C(=O)Nc2ccc(C)cc2)cc(Cl)c1OC. The van der Waals surface area contributed by atoms with Crippen LogP contribution >= 0.6 is 11.6 Å². The first-order valence-corrected chi connectivity index (χ1v) is 7.95. The summed E-state index contributed by atoms with van der Waals surface area (Å²) < 4.78 is 10.3. The molecular weight excluding hydrogens is 358 g/mol. The van der Waals surface area contributed by atoms with Gasteiger partial charge in [0.15, 0.2) is 11.5 Å². The molecule has 0 aliphatic rings. The number of rotatable bonds is 5. The van der Waals surface area contributed by atoms with E-state index in [-0.39, 0.29) is 0 Å². The number of carbonyl (C=O) groups excluding carboxylic acids is 2. The Kier molecular flexibility index (Phi) is 6.57. The van der Waals surface area contributed by atoms with E-state index >= 15 is 0 Å². The Morgan fingerprint density at radius 1 is 1.08 bits per heavy atom. The zero-order valence-corrected chi connectivity index (χ0v) is 15.3. The molecule has 2 rings (SSSR count). The van der Waals surface area contributed by atoms with Crippen LogP contribution < -0.4 is 20.2 Å². The van der Waals surface area contributed by atoms with E-state index in [2.05, 4.69) is 15.8 Å². The molecule has 2 amide bonds. The Morgan fingerprint density at radius 2 is 1.77 bits per heavy atom. The van der Waals surface area contributed by atoms with Crippen molar-refractivity contribution in [3.63, 3.8) is 0 Å². The third kappa shape index (κ3) is 4.97. The van der Waals surface area contributed by atoms with E-state index in [0.29, 0.717) is 27.8 Å². The number of hydrogen-bond acceptors (Lipinski definition) is 5. The Balaban J connectivity index is 1.99. The summed E-state index contributed by atoms with van der Waals surface area (Å²) in [6, 6.07) is 10.3. The van der Waals surface area contributed by atoms with E-state index in [1.165, 1.54) is 20.4 Å². The second-order valence-electron chi connectivity index (χ2n) is 5.26. The number of carbonyl (C=O) groups is 2. The molecule has 7 nitrogen and oxygen atoms in total. The molecule has 0 saturated heterocycles. The summed E-state index contributed by atoms with van der Waals surface area (Å²) in [6.07, 6.45) is 1.34. The number of hydrazone groups is 1. The minimum atomic E-state index is -0.895. The molecule has 26 heavy (non-hydrogen) atoms. The predicted octanol–water partition coefficient (Wildman–Crippen LogP) is 2.75. The number of hydrogen-bond donors (Lipinski definition) is 2. The Labute approximate surface area is 155 Å². The first kappa shape index (κ1) is 19.3. The molecule has 0 radical (unpaired) electrons. The highest BCUT2D eigenvalue weighted by atomic mass is 35.5. The summed E-state index contributed by atoms with van der Waals surface area (Å²) in [5, 5.41) is 6.56. The average molecular weight is 376 g/mol. The van der Waals surface area contributed by atoms with Gasteiger partial charge in [0, 0.05) is 5.69 Å². The van der Waals surface area contributed by atoms with E-state index in [0.717, 1.165) is 5.56 Å². The molecule has 2 N–H and O–H groups in total. The molecule has 2 aromatic carbocycles. The van der Waals surface area contributed by atoms with Crippen LogP contribution in [0.25, 0.3) is 0 Å². The van der Waals surface area contributed by atoms with Crippen LogP contribution in [0, 0.1) is 6.92 Å². The van der Waals surface area contributed by atoms with Crippen LogP contribution in [-0.2, 0) is 9.59 Å². The highest BCUT2D eigenvalue weighted by Gasteiger charge is 2.13. The molecule has 0 bridgehead atoms. The number of nitrogens with zero attached hydrogens (tertiary/aromatic N) is 1. The molecule has 0 fully saturated rings. The largest absolute Gasteiger partial charge is 0.493 e. The fraction of sp³-hybridized carbons (Fsp3) is 0.167. The van der Waals surface area contributed by atoms with Crippen LogP contribution in [0.1, 0.15) is 11.1 Å². The summed E-state index contributed by atoms with van der Waals surface area (Å²) in [7, 11) is 2.96. The Bertz CT molecular complexity index is 835. The maximum Gasteiger partial charge on any atom is 0.329 e. The van der Waals surface area contributed by atoms with Crippen LogP contribution in [0.3, 0.4) is 0 Å². The van der Waals surface area contributed by atoms with Crippen LogP contribution in [0.2, 0.25) is 5.02 Å². The fourth-order valence-electron chi connectivity index (χ4n) is 2.05. The first-order valence-electron chi connectivity index (χ1n) is 7.57. The van der Waals surface area contributed by atoms with Gasteiger partial charge in [0.25, 0.3) is 0 Å². The van der Waals surface area contributed by atoms with Crippen molar-refractivity contribution >= 4 is 35.3 Å². The minimum Gasteiger partial charge on any atom is -0.493 e. The van der Waals surface area contributed by atoms with Crippen LogP contribution in [0.4, 0.5) is 5.69 Å². The average Bonchev–Trinajstić information content (AvgIpc) is 2.62. The zero-order valence-electron chi connectivity index (χ0n) is 14.5. The van der Waals surface area contributed by atoms with E-state index < -0.39 is 11.8 Å². The summed E-state index contributed by atoms with van der Waals surface area (Å²) in [5.74, 6) is -0.900. The van der Waals surface area contributed by atoms with E-state index in [1.54, 1.807) is 24.3 Å². The van der Waals surface area contributed by atoms with Gasteiger partial charge in [-0.1, -0.05) is 29.3 Å². The quantitative estimate of drug-likeness (QED) is 0.477. The molecule has 2 aromatic rings. The molecule has 0 unspecified atom stereocenters. The first-order chi connectivity index (χ1) is 12.4. The van der Waals surface area contributed by atoms with E-state index in [9.17, 15) is 9.59 Å². The lowest BCUT2D eigenvalue weighted by Crippen LogP contribution is -2.32. The zero-order chi connectivity index (χ0) is 19.1. The molecule has 136 valence electrons. The number of anilines is 1. The summed E-state index contributed by atoms with van der Waals surface area (Å²) in [4.78, 5) is 23.6. The lowest BCUT2D eigenvalue weighted by Gasteiger charge is -2.09. The lowest BCUT2D eigenvalue weighted by atomic mass is 10.2. The van der Waals surface area contributed by atoms with Crippen molar-refractivity contribution in [2.75, 3.05) is 19.5 Å². The van der Waals surface area contributed by atoms with Crippen molar-refractivity contribution in [1.82, 2.24) is 5.43 Å². The second-order valence-corrected chi connectivity index (χ2v) is 5.66. The third-order valence-corrected chi connectivity index (χ3v) is 3.63. The lowest BCUT2D eigenvalue weighted by molar-refractivity contribution is -0.136. The van der Waals surface area contributed by atoms with Gasteiger partial charge < -0.3 is 14.8 Å². The van der Waals surface area contributed by atoms with Crippen LogP contribution in [-0.4, -0.2) is 32.2 Å². The molecule has 0 spiro atoms. The van der Waals surface area contributed by atoms with Crippen molar-refractivity contribution in [3.05, 3.63) is 52.5 Å². The predicted molar refractivity (Wildman–Crippen MR) is 100 cm³/mol. The van der Waals surface area contributed by atoms with Gasteiger partial charge in [-0.3, -0.25) is 9.59 Å². The van der Waals surface area contributed by atoms with Gasteiger partial charge in [0.05, 0.1) is 25.5 Å². The van der Waals surface area contributed by atoms with Crippen molar-refractivity contribution < 1.29 is 19.1 Å². The number of benzene rings is 2. The molecule has 0 atom stereocenters. The maximum absolute atomic E-state index is 11.8. The van der Waals surface area contributed by atoms with Gasteiger partial charge in [-0.2, -0.15) is 5.10 Å². The number of halogens is 1. The van der Waals surface area contributed by atoms with E-state index in [4.69, 9.17) is 21.1 Å². The highest BCUT2D eigenvalue weighted by Crippen LogP contribution is 2.35. The van der Waals surface area contributed by atoms with Gasteiger partial charge in [-0.15, -0.1) is 0 Å². The molecule has 0 saturated carbocycles. The molecular formula is C18H18ClN3O4. The molecule has 0 aliphatic carbocycles. The van der Waals surface area contributed by atoms with Gasteiger partial charge >= 0.3 is 11.8 Å². The number of nitrogens with one attached hydrogen (secondary N) is 2. The van der Waals surface area contributed by atoms with Gasteiger partial charge in [-0.05, 0) is 36.8 Å². The minimum absolute atomic E-state index is 0.330. The normalized spacial score (nSPS) is 10.5. The Hall–Kier alpha value is -3.06. The Morgan fingerprint density at radius 3 is 2.38 bits per heavy atom. The van der Waals surface area contributed by atoms with Crippen molar-refractivity contribution in [1.29, 1.82) is 0 Å². The maximum atomic E-state index is 11.8. The monoisotopic (exact) mass is 375 g/mol. The van der Waals surface area contributed by atoms with Crippen LogP contribution in [0.15, 0.2) is 41.5 Å². The molecule has 0 aromatic heterocycles. The highest BCUT2D eigenvalue weighted by molar-refractivity contribution is 6.39. The van der Waals surface area contributed by atoms with Crippen LogP contribution in [0.5, 0.6) is 11.5 Å². The summed E-state index contributed by atoms with van der Waals surface area (Å²) >= 11 is 6.09. The fourth-order valence-corrected chi connectivity index (χ4v) is 2.35. The summed E-state index contributed by atoms with van der Waals surface area (Å²) in [5.41, 5.74) is 4.28. The second kappa shape index (κ2) is 8.87. The van der Waals surface area contributed by atoms with Gasteiger partial charge in [-0.25, -0.2) is 5.43 Å². The van der Waals surface area contributed by atoms with E-state index in [1.807, 2.05) is 19.1 Å². The molecule has 8 heteroatoms. The standard InChI is InChI=1S/C18H18ClN3O4/c1-11-4-6-13(7-5-11)21-17(23)18(24)22-20-10-12-8-14(19)16(26-3)15(9-12)25-2/h4-10H,1-3H3,(H,21,23)(H,22,24)/b20-10-. The topological polar surface area (TPSA) is 89.0 Å². The van der Waals surface area contributed by atoms with Crippen molar-refractivity contribution in [2.45, 2.75) is 6.92 Å². The number of methoxy groups -OCH3 is 2. The number of amides is 2. The molecule has 0 heterocycles. The number of ether oxygens (including phenoxy) is 2.